The van der Waals surface area contributed by atoms with Gasteiger partial charge < -0.3 is 25.2 Å². The lowest BCUT2D eigenvalue weighted by Crippen LogP contribution is -2.56. The largest absolute Gasteiger partial charge is 0.385 e. The average molecular weight is 355 g/mol. The summed E-state index contributed by atoms with van der Waals surface area (Å²) in [6, 6.07) is 1.07. The lowest BCUT2D eigenvalue weighted by Gasteiger charge is -2.38. The molecule has 0 bridgehead atoms. The van der Waals surface area contributed by atoms with Crippen LogP contribution in [-0.2, 0) is 4.74 Å². The standard InChI is InChI=1S/C18H38N6O/c1-19-18(20-14-17-15-22(2)11-12-23(17)3)21-16-6-9-24(10-7-16)8-5-13-25-4/h16-17H,5-15H2,1-4H3,(H2,19,20,21). The topological polar surface area (TPSA) is 55.4 Å². The predicted molar refractivity (Wildman–Crippen MR) is 104 cm³/mol. The molecule has 7 heteroatoms. The van der Waals surface area contributed by atoms with Gasteiger partial charge in [-0.15, -0.1) is 0 Å². The maximum atomic E-state index is 5.14. The Morgan fingerprint density at radius 3 is 2.60 bits per heavy atom. The van der Waals surface area contributed by atoms with Gasteiger partial charge in [-0.25, -0.2) is 0 Å². The van der Waals surface area contributed by atoms with Gasteiger partial charge in [0.15, 0.2) is 5.96 Å². The Morgan fingerprint density at radius 2 is 1.92 bits per heavy atom. The summed E-state index contributed by atoms with van der Waals surface area (Å²) in [7, 11) is 8.06. The van der Waals surface area contributed by atoms with E-state index in [1.807, 2.05) is 7.05 Å². The number of piperazine rings is 1. The van der Waals surface area contributed by atoms with Crippen molar-refractivity contribution in [3.8, 4) is 0 Å². The summed E-state index contributed by atoms with van der Waals surface area (Å²) < 4.78 is 5.14. The van der Waals surface area contributed by atoms with E-state index in [2.05, 4.69) is 44.4 Å². The molecule has 2 rings (SSSR count). The smallest absolute Gasteiger partial charge is 0.191 e. The van der Waals surface area contributed by atoms with Gasteiger partial charge >= 0.3 is 0 Å². The minimum atomic E-state index is 0.525. The van der Waals surface area contributed by atoms with E-state index in [4.69, 9.17) is 4.74 Å². The van der Waals surface area contributed by atoms with Gasteiger partial charge in [-0.1, -0.05) is 0 Å². The lowest BCUT2D eigenvalue weighted by atomic mass is 10.1. The van der Waals surface area contributed by atoms with Crippen molar-refractivity contribution >= 4 is 5.96 Å². The van der Waals surface area contributed by atoms with Crippen molar-refractivity contribution in [1.29, 1.82) is 0 Å². The highest BCUT2D eigenvalue weighted by Gasteiger charge is 2.23. The molecule has 7 nitrogen and oxygen atoms in total. The summed E-state index contributed by atoms with van der Waals surface area (Å²) in [5.74, 6) is 0.944. The Bertz CT molecular complexity index is 397. The van der Waals surface area contributed by atoms with Crippen LogP contribution in [0.4, 0.5) is 0 Å². The highest BCUT2D eigenvalue weighted by Crippen LogP contribution is 2.11. The molecule has 2 fully saturated rings. The van der Waals surface area contributed by atoms with Crippen LogP contribution in [0.3, 0.4) is 0 Å². The zero-order chi connectivity index (χ0) is 18.1. The van der Waals surface area contributed by atoms with Crippen LogP contribution in [0, 0.1) is 0 Å². The molecule has 0 aromatic heterocycles. The minimum absolute atomic E-state index is 0.525. The summed E-state index contributed by atoms with van der Waals surface area (Å²) in [6.45, 7) is 8.67. The summed E-state index contributed by atoms with van der Waals surface area (Å²) in [5, 5.41) is 7.15. The van der Waals surface area contributed by atoms with Crippen LogP contribution in [0.1, 0.15) is 19.3 Å². The molecule has 2 heterocycles. The number of nitrogens with zero attached hydrogens (tertiary/aromatic N) is 4. The molecule has 0 radical (unpaired) electrons. The van der Waals surface area contributed by atoms with Crippen molar-refractivity contribution in [2.75, 3.05) is 80.7 Å². The van der Waals surface area contributed by atoms with Gasteiger partial charge in [0.2, 0.25) is 0 Å². The molecule has 146 valence electrons. The maximum Gasteiger partial charge on any atom is 0.191 e. The van der Waals surface area contributed by atoms with Gasteiger partial charge in [0.05, 0.1) is 0 Å². The van der Waals surface area contributed by atoms with Crippen LogP contribution in [0.2, 0.25) is 0 Å². The third-order valence-electron chi connectivity index (χ3n) is 5.46. The second-order valence-corrected chi connectivity index (χ2v) is 7.46. The Hall–Kier alpha value is -0.890. The minimum Gasteiger partial charge on any atom is -0.385 e. The molecule has 2 aliphatic rings. The van der Waals surface area contributed by atoms with Gasteiger partial charge in [0.1, 0.15) is 0 Å². The summed E-state index contributed by atoms with van der Waals surface area (Å²) in [5.41, 5.74) is 0. The highest BCUT2D eigenvalue weighted by molar-refractivity contribution is 5.80. The normalized spacial score (nSPS) is 25.3. The van der Waals surface area contributed by atoms with Gasteiger partial charge in [-0.2, -0.15) is 0 Å². The zero-order valence-corrected chi connectivity index (χ0v) is 16.6. The molecule has 0 saturated carbocycles. The molecule has 0 spiro atoms. The number of hydrogen-bond acceptors (Lipinski definition) is 5. The Balaban J connectivity index is 1.67. The third kappa shape index (κ3) is 7.09. The molecular formula is C18H38N6O. The molecule has 1 atom stereocenters. The number of likely N-dealkylation sites (tertiary alicyclic amines) is 1. The molecule has 2 saturated heterocycles. The monoisotopic (exact) mass is 354 g/mol. The first-order chi connectivity index (χ1) is 12.1. The number of hydrogen-bond donors (Lipinski definition) is 2. The van der Waals surface area contributed by atoms with Gasteiger partial charge in [-0.3, -0.25) is 9.89 Å². The second kappa shape index (κ2) is 11.0. The van der Waals surface area contributed by atoms with E-state index in [0.29, 0.717) is 12.1 Å². The number of guanidine groups is 1. The molecule has 2 N–H and O–H groups in total. The second-order valence-electron chi connectivity index (χ2n) is 7.46. The van der Waals surface area contributed by atoms with Crippen LogP contribution in [0.5, 0.6) is 0 Å². The van der Waals surface area contributed by atoms with Crippen molar-refractivity contribution in [3.05, 3.63) is 0 Å². The summed E-state index contributed by atoms with van der Waals surface area (Å²) in [4.78, 5) is 11.8. The van der Waals surface area contributed by atoms with Crippen LogP contribution in [0.15, 0.2) is 4.99 Å². The van der Waals surface area contributed by atoms with E-state index in [9.17, 15) is 0 Å². The fourth-order valence-electron chi connectivity index (χ4n) is 3.66. The molecule has 0 amide bonds. The number of nitrogens with one attached hydrogen (secondary N) is 2. The van der Waals surface area contributed by atoms with E-state index in [-0.39, 0.29) is 0 Å². The third-order valence-corrected chi connectivity index (χ3v) is 5.46. The van der Waals surface area contributed by atoms with Crippen molar-refractivity contribution in [2.45, 2.75) is 31.3 Å². The zero-order valence-electron chi connectivity index (χ0n) is 16.6. The van der Waals surface area contributed by atoms with Gasteiger partial charge in [0, 0.05) is 78.7 Å². The first-order valence-corrected chi connectivity index (χ1v) is 9.69. The first kappa shape index (κ1) is 20.4. The van der Waals surface area contributed by atoms with E-state index in [1.165, 1.54) is 12.8 Å². The SMILES string of the molecule is CN=C(NCC1CN(C)CCN1C)NC1CCN(CCCOC)CC1. The van der Waals surface area contributed by atoms with Crippen molar-refractivity contribution < 1.29 is 4.74 Å². The van der Waals surface area contributed by atoms with Crippen molar-refractivity contribution in [3.63, 3.8) is 0 Å². The fourth-order valence-corrected chi connectivity index (χ4v) is 3.66. The predicted octanol–water partition coefficient (Wildman–Crippen LogP) is -0.102. The Morgan fingerprint density at radius 1 is 1.16 bits per heavy atom. The fraction of sp³-hybridized carbons (Fsp3) is 0.944. The Kier molecular flexibility index (Phi) is 8.95. The number of likely N-dealkylation sites (N-methyl/N-ethyl adjacent to an activating group) is 2. The van der Waals surface area contributed by atoms with E-state index in [0.717, 1.165) is 64.8 Å². The van der Waals surface area contributed by atoms with E-state index in [1.54, 1.807) is 7.11 Å². The molecule has 0 aliphatic carbocycles. The number of piperidine rings is 1. The van der Waals surface area contributed by atoms with Crippen molar-refractivity contribution in [1.82, 2.24) is 25.3 Å². The molecule has 25 heavy (non-hydrogen) atoms. The molecule has 1 unspecified atom stereocenters. The van der Waals surface area contributed by atoms with Crippen LogP contribution >= 0.6 is 0 Å². The number of aliphatic imine (C=N–C) groups is 1. The average Bonchev–Trinajstić information content (AvgIpc) is 2.62. The number of methoxy groups -OCH3 is 1. The number of rotatable bonds is 7. The Labute approximate surface area is 153 Å². The number of ether oxygens (including phenoxy) is 1. The summed E-state index contributed by atoms with van der Waals surface area (Å²) in [6.07, 6.45) is 3.49. The van der Waals surface area contributed by atoms with Crippen LogP contribution in [0.25, 0.3) is 0 Å². The molecule has 0 aromatic carbocycles. The van der Waals surface area contributed by atoms with E-state index >= 15 is 0 Å². The van der Waals surface area contributed by atoms with Crippen LogP contribution in [-0.4, -0.2) is 113 Å². The summed E-state index contributed by atoms with van der Waals surface area (Å²) >= 11 is 0. The van der Waals surface area contributed by atoms with Gasteiger partial charge in [0.25, 0.3) is 0 Å². The lowest BCUT2D eigenvalue weighted by molar-refractivity contribution is 0.116. The quantitative estimate of drug-likeness (QED) is 0.378. The van der Waals surface area contributed by atoms with Crippen LogP contribution < -0.4 is 10.6 Å². The molecular weight excluding hydrogens is 316 g/mol. The maximum absolute atomic E-state index is 5.14. The highest BCUT2D eigenvalue weighted by atomic mass is 16.5. The van der Waals surface area contributed by atoms with Gasteiger partial charge in [-0.05, 0) is 33.4 Å². The molecule has 0 aromatic rings. The first-order valence-electron chi connectivity index (χ1n) is 9.69. The van der Waals surface area contributed by atoms with Crippen molar-refractivity contribution in [2.24, 2.45) is 4.99 Å². The molecule has 2 aliphatic heterocycles. The van der Waals surface area contributed by atoms with E-state index < -0.39 is 0 Å².